The van der Waals surface area contributed by atoms with Crippen LogP contribution in [-0.4, -0.2) is 246 Å². The molecule has 6 heterocycles. The number of carbonyl (C=O) groups is 8. The first kappa shape index (κ1) is 89.7. The number of likely N-dealkylation sites (N-methyl/N-ethyl adjacent to an activating group) is 1. The van der Waals surface area contributed by atoms with Crippen molar-refractivity contribution in [1.29, 1.82) is 0 Å². The number of nitrogens with one attached hydrogen (secondary N) is 9. The van der Waals surface area contributed by atoms with Crippen LogP contribution in [0.25, 0.3) is 0 Å². The minimum atomic E-state index is -2.12. The number of nitrogens with two attached hydrogens (primary N) is 1. The van der Waals surface area contributed by atoms with Gasteiger partial charge in [-0.05, 0) is 206 Å². The Balaban J connectivity index is 0.956. The molecule has 15 bridgehead atoms. The number of benzene rings is 1. The lowest BCUT2D eigenvalue weighted by atomic mass is 9.54. The van der Waals surface area contributed by atoms with Gasteiger partial charge in [-0.3, -0.25) is 38.4 Å². The fraction of sp³-hybridized carbons (Fsp3) is 0.831. The Morgan fingerprint density at radius 3 is 1.76 bits per heavy atom. The molecule has 652 valence electrons. The molecule has 28 atom stereocenters. The number of unbranched alkanes of at least 4 members (excludes halogenated alkanes) is 10. The standard InChI is InChI=1S/C83H130Cl2N10O21/c1-5-6-7-8-9-10-11-12-13-14-15-22-88-36-49-55(98)34-48-62(71(49)102)47-29-41(16-19-54(47)97)64-78(108)95-68(82(112)93-66(48)80(110)90-63-44-25-39-24-40(27-44)28-45(63)26-39)70(101)43-18-21-57(51(85)31-43)114-59-33-46-32-58(75(59)116-83-74(105)73(104)72(103)60(37-96)115-83)113-56-20-17-42(30-50(56)84)69(100)67(94-76(106)52(87-4)23-38(2)3)81(111)89-53(35-61(86)99)77(107)91-65(46)79(109)92-64/h32-33,38-45,47-57,60,62-74,83,87-88,96-98,100-105H,5-31,34-37H2,1-4H3,(H2,86,99)(H,89,111)(H,90,110)(H,91,107)(H,92,109)(H,93,112)(H,94,106)(H,95,108)/t39?,40?,41-,42-,43-,44?,45?,47?,48?,49?,50+,51?,52+,53-,54+,55?,56+,57+,60+,62?,63?,64+,65+,66-,67+,68-,69+,70+,71-,72+,73-,74+,83-/m0/s1. The zero-order valence-electron chi connectivity index (χ0n) is 67.5. The molecule has 1 aromatic rings. The van der Waals surface area contributed by atoms with E-state index in [0.717, 1.165) is 57.8 Å². The molecule has 0 spiro atoms. The molecule has 6 aliphatic heterocycles. The van der Waals surface area contributed by atoms with E-state index < -0.39 is 234 Å². The summed E-state index contributed by atoms with van der Waals surface area (Å²) in [5.41, 5.74) is 5.64. The molecule has 20 N–H and O–H groups in total. The molecule has 8 aliphatic carbocycles. The average molecular weight is 1670 g/mol. The maximum atomic E-state index is 16.5. The molecule has 31 nitrogen and oxygen atoms in total. The zero-order valence-corrected chi connectivity index (χ0v) is 69.0. The third-order valence-electron chi connectivity index (χ3n) is 28.0. The summed E-state index contributed by atoms with van der Waals surface area (Å²) in [6, 6.07) is -9.83. The minimum Gasteiger partial charge on any atom is -0.485 e. The van der Waals surface area contributed by atoms with E-state index in [9.17, 15) is 55.5 Å². The highest BCUT2D eigenvalue weighted by atomic mass is 35.5. The van der Waals surface area contributed by atoms with Crippen LogP contribution in [0.2, 0.25) is 0 Å². The molecule has 33 heteroatoms. The number of aliphatic hydroxyl groups is 9. The quantitative estimate of drug-likeness (QED) is 0.0463. The normalized spacial score (nSPS) is 40.2. The van der Waals surface area contributed by atoms with E-state index in [1.165, 1.54) is 57.1 Å². The smallest absolute Gasteiger partial charge is 0.247 e. The molecule has 1 aromatic carbocycles. The Hall–Kier alpha value is -5.52. The van der Waals surface area contributed by atoms with Gasteiger partial charge in [-0.15, -0.1) is 23.2 Å². The highest BCUT2D eigenvalue weighted by Crippen LogP contribution is 2.55. The Labute approximate surface area is 689 Å². The van der Waals surface area contributed by atoms with E-state index in [-0.39, 0.29) is 118 Å². The van der Waals surface area contributed by atoms with Gasteiger partial charge in [-0.25, -0.2) is 0 Å². The lowest BCUT2D eigenvalue weighted by molar-refractivity contribution is -0.278. The van der Waals surface area contributed by atoms with E-state index in [1.54, 1.807) is 7.05 Å². The zero-order chi connectivity index (χ0) is 83.1. The largest absolute Gasteiger partial charge is 0.485 e. The maximum absolute atomic E-state index is 16.5. The molecule has 14 aliphatic rings. The van der Waals surface area contributed by atoms with Crippen molar-refractivity contribution in [3.8, 4) is 17.2 Å². The molecule has 2 saturated heterocycles. The Bertz CT molecular complexity index is 3510. The van der Waals surface area contributed by atoms with Crippen molar-refractivity contribution >= 4 is 70.5 Å². The number of alkyl halides is 2. The third kappa shape index (κ3) is 21.0. The molecule has 10 fully saturated rings. The molecule has 0 aromatic heterocycles. The van der Waals surface area contributed by atoms with Crippen LogP contribution >= 0.6 is 23.2 Å². The van der Waals surface area contributed by atoms with Gasteiger partial charge >= 0.3 is 0 Å². The van der Waals surface area contributed by atoms with Crippen LogP contribution in [0.5, 0.6) is 17.2 Å². The molecule has 6 unspecified atom stereocenters. The first-order valence-electron chi connectivity index (χ1n) is 43.5. The highest BCUT2D eigenvalue weighted by Gasteiger charge is 2.58. The Morgan fingerprint density at radius 2 is 1.17 bits per heavy atom. The first-order valence-corrected chi connectivity index (χ1v) is 44.4. The van der Waals surface area contributed by atoms with Gasteiger partial charge in [0, 0.05) is 18.5 Å². The predicted molar refractivity (Wildman–Crippen MR) is 425 cm³/mol. The SMILES string of the molecule is CCCCCCCCCCCCCNCC1C(O)CC2C(C3C[C@H](CC[C@H]3O)[C@H]3NC(=O)[C@@H]4NC(=O)[C@H](CC(N)=O)NC(=O)[C@H](NC(=O)[C@@H](CC(C)C)NC)[C@H](O)[C@H]5CC[C@@H](Oc6cc4cc(c6O[C@@H]4O[C@H](CO)[C@@H](O)[C@H](O)[C@H]4O)O[C@@H]4CC[C@@H](CC4Cl)[C@@H](O)[C@H](NC3=O)C(=O)N[C@@H]2C(=O)NC2C3CC4CC(C3)CC2C4)[C@H](Cl)C5)[C@H]1O. The van der Waals surface area contributed by atoms with Gasteiger partial charge in [0.05, 0.1) is 60.3 Å². The highest BCUT2D eigenvalue weighted by molar-refractivity contribution is 6.21. The lowest BCUT2D eigenvalue weighted by Gasteiger charge is -2.55. The minimum absolute atomic E-state index is 0.00456. The number of halogens is 2. The fourth-order valence-electron chi connectivity index (χ4n) is 21.8. The van der Waals surface area contributed by atoms with Crippen molar-refractivity contribution in [3.63, 3.8) is 0 Å². The Morgan fingerprint density at radius 1 is 0.586 bits per heavy atom. The molecule has 15 rings (SSSR count). The number of carbonyl (C=O) groups excluding carboxylic acids is 8. The van der Waals surface area contributed by atoms with Crippen LogP contribution in [0, 0.1) is 71.0 Å². The second-order valence-electron chi connectivity index (χ2n) is 36.4. The van der Waals surface area contributed by atoms with E-state index in [0.29, 0.717) is 18.4 Å². The third-order valence-corrected chi connectivity index (χ3v) is 28.9. The van der Waals surface area contributed by atoms with Crippen LogP contribution in [-0.2, 0) is 43.1 Å². The summed E-state index contributed by atoms with van der Waals surface area (Å²) in [5.74, 6) is -14.7. The van der Waals surface area contributed by atoms with Crippen LogP contribution in [0.4, 0.5) is 0 Å². The van der Waals surface area contributed by atoms with Crippen molar-refractivity contribution < 1.29 is 103 Å². The topological polar surface area (TPSA) is 490 Å². The second-order valence-corrected chi connectivity index (χ2v) is 37.6. The average Bonchev–Trinajstić information content (AvgIpc) is 0.750. The molecule has 8 amide bonds. The van der Waals surface area contributed by atoms with E-state index in [4.69, 9.17) is 47.9 Å². The van der Waals surface area contributed by atoms with Crippen molar-refractivity contribution in [2.45, 2.75) is 333 Å². The van der Waals surface area contributed by atoms with Crippen molar-refractivity contribution in [2.24, 2.45) is 76.7 Å². The van der Waals surface area contributed by atoms with Gasteiger partial charge < -0.3 is 118 Å². The van der Waals surface area contributed by atoms with E-state index in [1.807, 2.05) is 13.8 Å². The van der Waals surface area contributed by atoms with Crippen LogP contribution in [0.1, 0.15) is 212 Å². The number of hydrogen-bond acceptors (Lipinski definition) is 23. The van der Waals surface area contributed by atoms with Crippen LogP contribution in [0.3, 0.4) is 0 Å². The molecular weight excluding hydrogens is 1540 g/mol. The van der Waals surface area contributed by atoms with E-state index >= 15 is 28.8 Å². The summed E-state index contributed by atoms with van der Waals surface area (Å²) >= 11 is 14.8. The number of rotatable bonds is 26. The van der Waals surface area contributed by atoms with Crippen molar-refractivity contribution in [3.05, 3.63) is 17.7 Å². The van der Waals surface area contributed by atoms with Gasteiger partial charge in [0.1, 0.15) is 72.9 Å². The van der Waals surface area contributed by atoms with Crippen molar-refractivity contribution in [1.82, 2.24) is 47.9 Å². The molecule has 0 radical (unpaired) electrons. The summed E-state index contributed by atoms with van der Waals surface area (Å²) in [6.45, 7) is 5.82. The number of aliphatic hydroxyl groups excluding tert-OH is 9. The lowest BCUT2D eigenvalue weighted by Crippen LogP contribution is -2.68. The summed E-state index contributed by atoms with van der Waals surface area (Å²) < 4.78 is 26.3. The monoisotopic (exact) mass is 1670 g/mol. The van der Waals surface area contributed by atoms with Crippen LogP contribution in [0.15, 0.2) is 12.1 Å². The van der Waals surface area contributed by atoms with Crippen molar-refractivity contribution in [2.75, 3.05) is 26.7 Å². The number of fused-ring (bicyclic) bond motifs is 15. The fourth-order valence-corrected chi connectivity index (χ4v) is 22.6. The second kappa shape index (κ2) is 40.4. The number of amides is 8. The molecule has 116 heavy (non-hydrogen) atoms. The molecular formula is C83H130Cl2N10O21. The first-order chi connectivity index (χ1) is 55.5. The van der Waals surface area contributed by atoms with Gasteiger partial charge in [-0.2, -0.15) is 0 Å². The number of primary amides is 1. The maximum Gasteiger partial charge on any atom is 0.247 e. The number of hydrogen-bond donors (Lipinski definition) is 19. The summed E-state index contributed by atoms with van der Waals surface area (Å²) in [5, 5.41) is 133. The summed E-state index contributed by atoms with van der Waals surface area (Å²) in [7, 11) is 1.55. The predicted octanol–water partition coefficient (Wildman–Crippen LogP) is 1.62. The summed E-state index contributed by atoms with van der Waals surface area (Å²) in [6.07, 6.45) is -2.75. The Kier molecular flexibility index (Phi) is 31.3. The number of ether oxygens (including phenoxy) is 4. The van der Waals surface area contributed by atoms with E-state index in [2.05, 4.69) is 54.8 Å². The van der Waals surface area contributed by atoms with Gasteiger partial charge in [-0.1, -0.05) is 85.0 Å². The van der Waals surface area contributed by atoms with Gasteiger partial charge in [0.2, 0.25) is 59.3 Å². The molecule has 8 saturated carbocycles. The van der Waals surface area contributed by atoms with Gasteiger partial charge in [0.15, 0.2) is 11.5 Å². The summed E-state index contributed by atoms with van der Waals surface area (Å²) in [4.78, 5) is 123. The van der Waals surface area contributed by atoms with Gasteiger partial charge in [0.25, 0.3) is 0 Å². The van der Waals surface area contributed by atoms with Crippen LogP contribution < -0.4 is 67.8 Å².